The van der Waals surface area contributed by atoms with Crippen LogP contribution in [0.3, 0.4) is 0 Å². The average molecular weight is 452 g/mol. The van der Waals surface area contributed by atoms with Gasteiger partial charge < -0.3 is 20.2 Å². The van der Waals surface area contributed by atoms with Crippen molar-refractivity contribution in [2.24, 2.45) is 5.92 Å². The van der Waals surface area contributed by atoms with E-state index in [9.17, 15) is 19.7 Å². The van der Waals surface area contributed by atoms with Gasteiger partial charge in [-0.15, -0.1) is 0 Å². The van der Waals surface area contributed by atoms with E-state index < -0.39 is 6.10 Å². The lowest BCUT2D eigenvalue weighted by Gasteiger charge is -2.30. The molecule has 3 atom stereocenters. The molecule has 3 aromatic rings. The van der Waals surface area contributed by atoms with Gasteiger partial charge in [-0.1, -0.05) is 49.0 Å². The van der Waals surface area contributed by atoms with Crippen LogP contribution in [-0.2, 0) is 0 Å². The molecule has 0 radical (unpaired) electrons. The molecule has 0 saturated carbocycles. The first-order valence-electron chi connectivity index (χ1n) is 10.8. The van der Waals surface area contributed by atoms with Crippen molar-refractivity contribution in [1.29, 1.82) is 0 Å². The number of halogens is 1. The first-order chi connectivity index (χ1) is 15.4. The van der Waals surface area contributed by atoms with Gasteiger partial charge >= 0.3 is 0 Å². The van der Waals surface area contributed by atoms with Gasteiger partial charge in [-0.05, 0) is 60.7 Å². The third kappa shape index (κ3) is 4.76. The Morgan fingerprint density at radius 2 is 1.72 bits per heavy atom. The number of aliphatic hydroxyl groups excluding tert-OH is 1. The highest BCUT2D eigenvalue weighted by atomic mass is 32.1. The molecule has 4 rings (SSSR count). The zero-order chi connectivity index (χ0) is 22.7. The molecule has 0 aromatic heterocycles. The number of thiocarbonyl (C=S) groups is 1. The summed E-state index contributed by atoms with van der Waals surface area (Å²) in [4.78, 5) is 2.89. The molecule has 0 amide bonds. The Bertz CT molecular complexity index is 1070. The van der Waals surface area contributed by atoms with E-state index in [-0.39, 0.29) is 29.3 Å². The summed E-state index contributed by atoms with van der Waals surface area (Å²) in [5.41, 5.74) is 2.38. The van der Waals surface area contributed by atoms with E-state index in [1.165, 1.54) is 18.2 Å². The Kier molecular flexibility index (Phi) is 6.72. The highest BCUT2D eigenvalue weighted by molar-refractivity contribution is 7.80. The molecule has 3 unspecified atom stereocenters. The van der Waals surface area contributed by atoms with Gasteiger partial charge in [0.1, 0.15) is 17.3 Å². The summed E-state index contributed by atoms with van der Waals surface area (Å²) in [6, 6.07) is 20.3. The average Bonchev–Trinajstić information content (AvgIpc) is 3.10. The number of phenols is 2. The number of para-hydroxylation sites is 1. The van der Waals surface area contributed by atoms with E-state index in [0.29, 0.717) is 18.4 Å². The topological polar surface area (TPSA) is 63.9 Å². The van der Waals surface area contributed by atoms with Crippen molar-refractivity contribution in [2.75, 3.05) is 4.90 Å². The Morgan fingerprint density at radius 3 is 2.41 bits per heavy atom. The van der Waals surface area contributed by atoms with Gasteiger partial charge in [0.2, 0.25) is 0 Å². The molecule has 0 aliphatic carbocycles. The molecule has 166 valence electrons. The van der Waals surface area contributed by atoms with E-state index in [1.807, 2.05) is 30.3 Å². The van der Waals surface area contributed by atoms with Crippen LogP contribution in [-0.4, -0.2) is 20.3 Å². The van der Waals surface area contributed by atoms with Gasteiger partial charge in [0.25, 0.3) is 0 Å². The number of aliphatic hydroxyl groups is 1. The minimum Gasteiger partial charge on any atom is -0.508 e. The third-order valence-electron chi connectivity index (χ3n) is 6.10. The van der Waals surface area contributed by atoms with E-state index >= 15 is 0 Å². The third-order valence-corrected chi connectivity index (χ3v) is 6.47. The van der Waals surface area contributed by atoms with Crippen molar-refractivity contribution in [3.63, 3.8) is 0 Å². The normalized spacial score (nSPS) is 19.3. The first-order valence-corrected chi connectivity index (χ1v) is 11.2. The number of nitrogens with zero attached hydrogens (tertiary/aromatic N) is 1. The quantitative estimate of drug-likeness (QED) is 0.383. The van der Waals surface area contributed by atoms with E-state index in [2.05, 4.69) is 4.90 Å². The van der Waals surface area contributed by atoms with Crippen molar-refractivity contribution in [2.45, 2.75) is 37.8 Å². The molecule has 0 bridgehead atoms. The van der Waals surface area contributed by atoms with Gasteiger partial charge in [-0.2, -0.15) is 0 Å². The fourth-order valence-electron chi connectivity index (χ4n) is 4.55. The molecule has 32 heavy (non-hydrogen) atoms. The molecule has 4 nitrogen and oxygen atoms in total. The maximum atomic E-state index is 13.1. The first kappa shape index (κ1) is 22.2. The van der Waals surface area contributed by atoms with Crippen molar-refractivity contribution >= 4 is 22.9 Å². The summed E-state index contributed by atoms with van der Waals surface area (Å²) in [6.07, 6.45) is 2.14. The Hall–Kier alpha value is -2.96. The highest BCUT2D eigenvalue weighted by Crippen LogP contribution is 2.47. The van der Waals surface area contributed by atoms with Crippen LogP contribution in [0.5, 0.6) is 11.5 Å². The molecule has 6 heteroatoms. The number of hydrogen-bond acceptors (Lipinski definition) is 4. The molecule has 3 aromatic carbocycles. The van der Waals surface area contributed by atoms with Crippen molar-refractivity contribution in [1.82, 2.24) is 0 Å². The molecular weight excluding hydrogens is 425 g/mol. The van der Waals surface area contributed by atoms with Crippen LogP contribution in [0, 0.1) is 11.7 Å². The second-order valence-electron chi connectivity index (χ2n) is 8.25. The number of rotatable bonds is 7. The number of hydrogen-bond donors (Lipinski definition) is 3. The maximum Gasteiger partial charge on any atom is 0.124 e. The molecule has 1 heterocycles. The number of benzene rings is 3. The highest BCUT2D eigenvalue weighted by Gasteiger charge is 2.40. The summed E-state index contributed by atoms with van der Waals surface area (Å²) >= 11 is 5.75. The van der Waals surface area contributed by atoms with Crippen LogP contribution in [0.25, 0.3) is 0 Å². The summed E-state index contributed by atoms with van der Waals surface area (Å²) in [6.45, 7) is 0. The molecule has 1 fully saturated rings. The Labute approximate surface area is 192 Å². The molecule has 1 aliphatic heterocycles. The predicted octanol–water partition coefficient (Wildman–Crippen LogP) is 6.04. The van der Waals surface area contributed by atoms with Gasteiger partial charge in [0, 0.05) is 23.7 Å². The predicted molar refractivity (Wildman–Crippen MR) is 127 cm³/mol. The largest absolute Gasteiger partial charge is 0.508 e. The van der Waals surface area contributed by atoms with Crippen molar-refractivity contribution in [3.8, 4) is 11.5 Å². The lowest BCUT2D eigenvalue weighted by atomic mass is 9.88. The second kappa shape index (κ2) is 9.67. The van der Waals surface area contributed by atoms with Gasteiger partial charge in [-0.25, -0.2) is 4.39 Å². The van der Waals surface area contributed by atoms with Crippen LogP contribution in [0.2, 0.25) is 0 Å². The van der Waals surface area contributed by atoms with Crippen LogP contribution in [0.15, 0.2) is 72.8 Å². The summed E-state index contributed by atoms with van der Waals surface area (Å²) in [5.74, 6) is -0.134. The van der Waals surface area contributed by atoms with Gasteiger partial charge in [0.05, 0.1) is 17.1 Å². The van der Waals surface area contributed by atoms with Crippen molar-refractivity contribution in [3.05, 3.63) is 89.7 Å². The minimum atomic E-state index is -0.658. The Morgan fingerprint density at radius 1 is 1.00 bits per heavy atom. The fraction of sp³-hybridized carbons (Fsp3) is 0.269. The second-order valence-corrected chi connectivity index (χ2v) is 8.72. The van der Waals surface area contributed by atoms with E-state index in [4.69, 9.17) is 12.2 Å². The van der Waals surface area contributed by atoms with Crippen LogP contribution in [0.4, 0.5) is 10.1 Å². The monoisotopic (exact) mass is 451 g/mol. The standard InChI is InChI=1S/C26H26FNO3S/c27-19-11-9-17(10-12-19)23(30)8-4-5-18-15-25(32)28(20-6-2-1-3-7-20)26(18)22-14-13-21(29)16-24(22)31/h1-3,6-7,9-14,16,18,23,26,29-31H,4-5,8,15H2. The van der Waals surface area contributed by atoms with Gasteiger partial charge in [-0.3, -0.25) is 0 Å². The molecule has 3 N–H and O–H groups in total. The van der Waals surface area contributed by atoms with Gasteiger partial charge in [0.15, 0.2) is 0 Å². The van der Waals surface area contributed by atoms with Crippen LogP contribution < -0.4 is 4.90 Å². The van der Waals surface area contributed by atoms with Crippen molar-refractivity contribution < 1.29 is 19.7 Å². The van der Waals surface area contributed by atoms with Crippen LogP contribution >= 0.6 is 12.2 Å². The zero-order valence-electron chi connectivity index (χ0n) is 17.6. The smallest absolute Gasteiger partial charge is 0.124 e. The lowest BCUT2D eigenvalue weighted by Crippen LogP contribution is -2.28. The SMILES string of the molecule is Oc1ccc(C2C(CCCC(O)c3ccc(F)cc3)CC(=S)N2c2ccccc2)c(O)c1. The van der Waals surface area contributed by atoms with E-state index in [1.54, 1.807) is 24.3 Å². The molecular formula is C26H26FNO3S. The summed E-state index contributed by atoms with van der Waals surface area (Å²) in [7, 11) is 0. The lowest BCUT2D eigenvalue weighted by molar-refractivity contribution is 0.160. The van der Waals surface area contributed by atoms with E-state index in [0.717, 1.165) is 29.1 Å². The number of phenolic OH excluding ortho intramolecular Hbond substituents is 2. The zero-order valence-corrected chi connectivity index (χ0v) is 18.4. The summed E-state index contributed by atoms with van der Waals surface area (Å²) < 4.78 is 13.1. The molecule has 1 aliphatic rings. The summed E-state index contributed by atoms with van der Waals surface area (Å²) in [5, 5.41) is 30.9. The fourth-order valence-corrected chi connectivity index (χ4v) is 4.99. The molecule has 1 saturated heterocycles. The number of anilines is 1. The Balaban J connectivity index is 1.54. The molecule has 0 spiro atoms. The minimum absolute atomic E-state index is 0.0112. The number of aromatic hydroxyl groups is 2. The van der Waals surface area contributed by atoms with Crippen LogP contribution in [0.1, 0.15) is 49.0 Å². The maximum absolute atomic E-state index is 13.1.